The predicted octanol–water partition coefficient (Wildman–Crippen LogP) is 15.6. The van der Waals surface area contributed by atoms with Gasteiger partial charge in [-0.15, -0.1) is 0 Å². The van der Waals surface area contributed by atoms with Crippen molar-refractivity contribution < 1.29 is 0 Å². The minimum Gasteiger partial charge on any atom is -0.311 e. The van der Waals surface area contributed by atoms with E-state index < -0.39 is 0 Å². The Labute approximate surface area is 391 Å². The molecule has 9 rings (SSSR count). The van der Waals surface area contributed by atoms with E-state index in [1.807, 2.05) is 0 Å². The second kappa shape index (κ2) is 15.4. The van der Waals surface area contributed by atoms with Crippen molar-refractivity contribution >= 4 is 57.2 Å². The Balaban J connectivity index is 1.39. The van der Waals surface area contributed by atoms with Gasteiger partial charge >= 0.3 is 0 Å². The van der Waals surface area contributed by atoms with Crippen LogP contribution >= 0.6 is 0 Å². The van der Waals surface area contributed by atoms with Gasteiger partial charge in [0.2, 0.25) is 0 Å². The van der Waals surface area contributed by atoms with Crippen LogP contribution < -0.4 is 26.2 Å². The summed E-state index contributed by atoms with van der Waals surface area (Å²) in [6.45, 7) is 35.1. The summed E-state index contributed by atoms with van der Waals surface area (Å²) < 4.78 is 0. The highest BCUT2D eigenvalue weighted by Crippen LogP contribution is 2.49. The van der Waals surface area contributed by atoms with E-state index in [4.69, 9.17) is 0 Å². The lowest BCUT2D eigenvalue weighted by molar-refractivity contribution is 0.589. The Morgan fingerprint density at radius 3 is 1.20 bits per heavy atom. The maximum Gasteiger partial charge on any atom is 0.252 e. The van der Waals surface area contributed by atoms with E-state index in [0.717, 1.165) is 0 Å². The van der Waals surface area contributed by atoms with Gasteiger partial charge in [-0.2, -0.15) is 0 Å². The fraction of sp³-hybridized carbons (Fsp3) is 0.323. The molecule has 2 heterocycles. The lowest BCUT2D eigenvalue weighted by atomic mass is 9.33. The summed E-state index contributed by atoms with van der Waals surface area (Å²) in [6.07, 6.45) is 0. The zero-order chi connectivity index (χ0) is 46.6. The molecule has 0 saturated heterocycles. The summed E-state index contributed by atoms with van der Waals surface area (Å²) in [5.41, 5.74) is 22.9. The summed E-state index contributed by atoms with van der Waals surface area (Å²) in [4.78, 5) is 5.22. The second-order valence-corrected chi connectivity index (χ2v) is 24.1. The summed E-state index contributed by atoms with van der Waals surface area (Å²) in [6, 6.07) is 56.4. The molecule has 0 unspecified atom stereocenters. The molecule has 3 heteroatoms. The molecule has 0 amide bonds. The normalized spacial score (nSPS) is 14.0. The minimum atomic E-state index is -0.118. The van der Waals surface area contributed by atoms with E-state index >= 15 is 0 Å². The standard InChI is InChI=1S/C62H69BN2/c1-58(2,3)43-25-30-48(31-26-43)64-53-33-28-45(60(7,8)9)36-50(53)63-51-37-46(61(10,11)12)29-34-54(51)65(56-39-47(62(13,14)15)38-55(64)57(56)63)52-32-27-44(59(4,5)6)35-49(52)42-23-21-41(22-24-42)40-19-17-16-18-20-40/h16-39H,1-15H3. The minimum absolute atomic E-state index is 0.0208. The molecular weight excluding hydrogens is 784 g/mol. The SMILES string of the molecule is CC(C)(C)c1ccc(N2c3ccc(C(C)(C)C)cc3B3c4cc(C(C)(C)C)ccc4N(c4ccc(C(C)(C)C)cc4-c4ccc(-c5ccccc5)cc4)c4cc(C(C)(C)C)cc2c43)cc1. The molecule has 0 fully saturated rings. The third-order valence-electron chi connectivity index (χ3n) is 14.1. The first-order valence-corrected chi connectivity index (χ1v) is 23.9. The molecule has 330 valence electrons. The molecule has 0 N–H and O–H groups in total. The van der Waals surface area contributed by atoms with Crippen molar-refractivity contribution in [2.45, 2.75) is 131 Å². The Kier molecular flexibility index (Phi) is 10.5. The predicted molar refractivity (Wildman–Crippen MR) is 285 cm³/mol. The molecule has 0 saturated carbocycles. The van der Waals surface area contributed by atoms with Crippen LogP contribution in [-0.4, -0.2) is 6.71 Å². The van der Waals surface area contributed by atoms with Crippen molar-refractivity contribution in [3.8, 4) is 22.3 Å². The van der Waals surface area contributed by atoms with Crippen LogP contribution in [0.5, 0.6) is 0 Å². The maximum atomic E-state index is 2.64. The number of rotatable bonds is 4. The van der Waals surface area contributed by atoms with Gasteiger partial charge < -0.3 is 9.80 Å². The van der Waals surface area contributed by atoms with E-state index in [9.17, 15) is 0 Å². The topological polar surface area (TPSA) is 6.48 Å². The summed E-state index contributed by atoms with van der Waals surface area (Å²) in [5, 5.41) is 0. The first-order chi connectivity index (χ1) is 30.4. The average molecular weight is 853 g/mol. The fourth-order valence-corrected chi connectivity index (χ4v) is 9.92. The first kappa shape index (κ1) is 44.4. The zero-order valence-corrected chi connectivity index (χ0v) is 41.8. The van der Waals surface area contributed by atoms with Crippen LogP contribution in [0.2, 0.25) is 0 Å². The molecule has 7 aromatic carbocycles. The van der Waals surface area contributed by atoms with Gasteiger partial charge in [-0.1, -0.05) is 201 Å². The molecule has 0 bridgehead atoms. The van der Waals surface area contributed by atoms with Crippen molar-refractivity contribution in [3.63, 3.8) is 0 Å². The third kappa shape index (κ3) is 8.04. The zero-order valence-electron chi connectivity index (χ0n) is 41.8. The van der Waals surface area contributed by atoms with Gasteiger partial charge in [-0.3, -0.25) is 0 Å². The summed E-state index contributed by atoms with van der Waals surface area (Å²) >= 11 is 0. The lowest BCUT2D eigenvalue weighted by Gasteiger charge is -2.46. The van der Waals surface area contributed by atoms with E-state index in [-0.39, 0.29) is 33.8 Å². The van der Waals surface area contributed by atoms with Crippen molar-refractivity contribution in [3.05, 3.63) is 173 Å². The van der Waals surface area contributed by atoms with Gasteiger partial charge in [0.15, 0.2) is 0 Å². The number of nitrogens with zero attached hydrogens (tertiary/aromatic N) is 2. The molecule has 2 aliphatic heterocycles. The number of hydrogen-bond acceptors (Lipinski definition) is 2. The van der Waals surface area contributed by atoms with Crippen molar-refractivity contribution in [1.82, 2.24) is 0 Å². The molecule has 0 aromatic heterocycles. The monoisotopic (exact) mass is 853 g/mol. The smallest absolute Gasteiger partial charge is 0.252 e. The van der Waals surface area contributed by atoms with Crippen LogP contribution in [0.1, 0.15) is 132 Å². The number of anilines is 6. The summed E-state index contributed by atoms with van der Waals surface area (Å²) in [5.74, 6) is 0. The molecule has 2 nitrogen and oxygen atoms in total. The molecule has 7 aromatic rings. The third-order valence-corrected chi connectivity index (χ3v) is 14.1. The fourth-order valence-electron chi connectivity index (χ4n) is 9.92. The van der Waals surface area contributed by atoms with Crippen LogP contribution in [-0.2, 0) is 27.1 Å². The van der Waals surface area contributed by atoms with Gasteiger partial charge in [-0.25, -0.2) is 0 Å². The van der Waals surface area contributed by atoms with Gasteiger partial charge in [0.1, 0.15) is 0 Å². The molecular formula is C62H69BN2. The van der Waals surface area contributed by atoms with Crippen molar-refractivity contribution in [2.24, 2.45) is 0 Å². The van der Waals surface area contributed by atoms with Crippen LogP contribution in [0.25, 0.3) is 22.3 Å². The number of benzene rings is 7. The largest absolute Gasteiger partial charge is 0.311 e. The van der Waals surface area contributed by atoms with Gasteiger partial charge in [-0.05, 0) is 137 Å². The highest BCUT2D eigenvalue weighted by molar-refractivity contribution is 7.00. The highest BCUT2D eigenvalue weighted by atomic mass is 15.2. The first-order valence-electron chi connectivity index (χ1n) is 23.9. The van der Waals surface area contributed by atoms with Crippen molar-refractivity contribution in [2.75, 3.05) is 9.80 Å². The molecule has 65 heavy (non-hydrogen) atoms. The van der Waals surface area contributed by atoms with Crippen LogP contribution in [0.15, 0.2) is 146 Å². The van der Waals surface area contributed by atoms with Crippen molar-refractivity contribution in [1.29, 1.82) is 0 Å². The summed E-state index contributed by atoms with van der Waals surface area (Å²) in [7, 11) is 0. The molecule has 2 aliphatic rings. The average Bonchev–Trinajstić information content (AvgIpc) is 3.24. The second-order valence-electron chi connectivity index (χ2n) is 24.1. The Morgan fingerprint density at radius 1 is 0.308 bits per heavy atom. The highest BCUT2D eigenvalue weighted by Gasteiger charge is 2.45. The number of fused-ring (bicyclic) bond motifs is 4. The Morgan fingerprint density at radius 2 is 0.708 bits per heavy atom. The van der Waals surface area contributed by atoms with Gasteiger partial charge in [0.25, 0.3) is 6.71 Å². The van der Waals surface area contributed by atoms with E-state index in [1.165, 1.54) is 101 Å². The molecule has 0 aliphatic carbocycles. The molecule has 0 radical (unpaired) electrons. The Hall–Kier alpha value is -5.80. The lowest BCUT2D eigenvalue weighted by Crippen LogP contribution is -2.62. The van der Waals surface area contributed by atoms with E-state index in [2.05, 4.69) is 259 Å². The molecule has 0 spiro atoms. The Bertz CT molecular complexity index is 2920. The van der Waals surface area contributed by atoms with E-state index in [0.29, 0.717) is 0 Å². The van der Waals surface area contributed by atoms with Gasteiger partial charge in [0, 0.05) is 34.0 Å². The maximum absolute atomic E-state index is 2.64. The number of hydrogen-bond donors (Lipinski definition) is 0. The quantitative estimate of drug-likeness (QED) is 0.163. The van der Waals surface area contributed by atoms with Crippen LogP contribution in [0.4, 0.5) is 34.1 Å². The van der Waals surface area contributed by atoms with Crippen LogP contribution in [0.3, 0.4) is 0 Å². The van der Waals surface area contributed by atoms with Gasteiger partial charge in [0.05, 0.1) is 5.69 Å². The van der Waals surface area contributed by atoms with E-state index in [1.54, 1.807) is 0 Å². The van der Waals surface area contributed by atoms with Crippen LogP contribution in [0, 0.1) is 0 Å². The molecule has 0 atom stereocenters.